The van der Waals surface area contributed by atoms with E-state index >= 15 is 0 Å². The van der Waals surface area contributed by atoms with Crippen molar-refractivity contribution >= 4 is 41.8 Å². The van der Waals surface area contributed by atoms with Gasteiger partial charge >= 0.3 is 0 Å². The van der Waals surface area contributed by atoms with Crippen LogP contribution in [0.15, 0.2) is 29.3 Å². The molecule has 8 heteroatoms. The maximum atomic E-state index is 11.9. The Morgan fingerprint density at radius 2 is 1.73 bits per heavy atom. The van der Waals surface area contributed by atoms with E-state index in [1.807, 2.05) is 12.1 Å². The number of rotatable bonds is 9. The van der Waals surface area contributed by atoms with Crippen LogP contribution in [0.1, 0.15) is 61.9 Å². The Labute approximate surface area is 197 Å². The summed E-state index contributed by atoms with van der Waals surface area (Å²) >= 11 is 0. The first-order chi connectivity index (χ1) is 13.8. The minimum atomic E-state index is -0.564. The van der Waals surface area contributed by atoms with Gasteiger partial charge < -0.3 is 21.7 Å². The molecule has 1 aromatic carbocycles. The van der Waals surface area contributed by atoms with Crippen molar-refractivity contribution in [2.75, 3.05) is 20.1 Å². The van der Waals surface area contributed by atoms with Crippen LogP contribution in [0.5, 0.6) is 0 Å². The maximum absolute atomic E-state index is 11.9. The Kier molecular flexibility index (Phi) is 11.1. The molecule has 2 amide bonds. The maximum Gasteiger partial charge on any atom is 0.251 e. The number of hydrogen-bond acceptors (Lipinski definition) is 3. The number of hydrogen-bond donors (Lipinski definition) is 4. The molecule has 0 aromatic heterocycles. The highest BCUT2D eigenvalue weighted by Crippen LogP contribution is 2.42. The highest BCUT2D eigenvalue weighted by molar-refractivity contribution is 14.0. The molecule has 1 aliphatic carbocycles. The molecule has 30 heavy (non-hydrogen) atoms. The molecule has 0 aliphatic heterocycles. The van der Waals surface area contributed by atoms with Gasteiger partial charge in [0.1, 0.15) is 0 Å². The second-order valence-electron chi connectivity index (χ2n) is 8.43. The van der Waals surface area contributed by atoms with E-state index < -0.39 is 5.91 Å². The van der Waals surface area contributed by atoms with E-state index in [-0.39, 0.29) is 36.4 Å². The Balaban J connectivity index is 0.00000450. The van der Waals surface area contributed by atoms with Crippen molar-refractivity contribution in [2.24, 2.45) is 22.1 Å². The molecule has 1 aliphatic rings. The van der Waals surface area contributed by atoms with Crippen LogP contribution in [0.25, 0.3) is 0 Å². The van der Waals surface area contributed by atoms with E-state index in [1.54, 1.807) is 19.2 Å². The van der Waals surface area contributed by atoms with Gasteiger partial charge in [0.2, 0.25) is 5.91 Å². The van der Waals surface area contributed by atoms with Crippen LogP contribution < -0.4 is 21.7 Å². The van der Waals surface area contributed by atoms with Gasteiger partial charge in [0.05, 0.1) is 6.54 Å². The van der Waals surface area contributed by atoms with Gasteiger partial charge in [-0.15, -0.1) is 24.0 Å². The topological polar surface area (TPSA) is 109 Å². The van der Waals surface area contributed by atoms with E-state index in [4.69, 9.17) is 5.73 Å². The van der Waals surface area contributed by atoms with Gasteiger partial charge in [-0.3, -0.25) is 14.6 Å². The molecule has 1 aromatic rings. The van der Waals surface area contributed by atoms with Crippen LogP contribution in [-0.2, 0) is 11.3 Å². The molecule has 0 heterocycles. The Bertz CT molecular complexity index is 713. The van der Waals surface area contributed by atoms with Crippen molar-refractivity contribution in [3.05, 3.63) is 35.4 Å². The molecule has 1 fully saturated rings. The standard InChI is InChI=1S/C22H35N5O2.HI/c1-16(2)12-22(10-4-5-11-22)15-27-21(24-3)26-13-17-6-8-18(9-7-17)20(29)25-14-19(23)28;/h6-9,16H,4-5,10-15H2,1-3H3,(H2,23,28)(H,25,29)(H2,24,26,27);1H. The molecule has 0 saturated heterocycles. The first kappa shape index (κ1) is 26.2. The van der Waals surface area contributed by atoms with Crippen LogP contribution in [0.4, 0.5) is 0 Å². The van der Waals surface area contributed by atoms with E-state index in [1.165, 1.54) is 32.1 Å². The van der Waals surface area contributed by atoms with E-state index in [0.717, 1.165) is 18.1 Å². The zero-order chi connectivity index (χ0) is 21.3. The van der Waals surface area contributed by atoms with Gasteiger partial charge in [0.15, 0.2) is 5.96 Å². The van der Waals surface area contributed by atoms with E-state index in [0.29, 0.717) is 23.4 Å². The summed E-state index contributed by atoms with van der Waals surface area (Å²) in [5, 5.41) is 9.34. The first-order valence-electron chi connectivity index (χ1n) is 10.4. The van der Waals surface area contributed by atoms with Gasteiger partial charge in [0.25, 0.3) is 5.91 Å². The Hall–Kier alpha value is -1.84. The number of carbonyl (C=O) groups is 2. The fourth-order valence-corrected chi connectivity index (χ4v) is 4.17. The molecule has 0 radical (unpaired) electrons. The van der Waals surface area contributed by atoms with Crippen LogP contribution in [0.3, 0.4) is 0 Å². The third kappa shape index (κ3) is 8.49. The number of primary amides is 1. The van der Waals surface area contributed by atoms with E-state index in [9.17, 15) is 9.59 Å². The highest BCUT2D eigenvalue weighted by atomic mass is 127. The van der Waals surface area contributed by atoms with Gasteiger partial charge in [-0.2, -0.15) is 0 Å². The smallest absolute Gasteiger partial charge is 0.251 e. The number of carbonyl (C=O) groups excluding carboxylic acids is 2. The Morgan fingerprint density at radius 1 is 1.10 bits per heavy atom. The fourth-order valence-electron chi connectivity index (χ4n) is 4.17. The van der Waals surface area contributed by atoms with Crippen molar-refractivity contribution in [1.82, 2.24) is 16.0 Å². The fraction of sp³-hybridized carbons (Fsp3) is 0.591. The minimum Gasteiger partial charge on any atom is -0.368 e. The largest absolute Gasteiger partial charge is 0.368 e. The SMILES string of the molecule is CN=C(NCc1ccc(C(=O)NCC(N)=O)cc1)NCC1(CC(C)C)CCCC1.I. The van der Waals surface area contributed by atoms with Crippen LogP contribution in [0.2, 0.25) is 0 Å². The molecular formula is C22H36IN5O2. The first-order valence-corrected chi connectivity index (χ1v) is 10.4. The van der Waals surface area contributed by atoms with Crippen molar-refractivity contribution in [1.29, 1.82) is 0 Å². The number of benzene rings is 1. The monoisotopic (exact) mass is 529 g/mol. The molecule has 0 unspecified atom stereocenters. The average Bonchev–Trinajstić information content (AvgIpc) is 3.14. The summed E-state index contributed by atoms with van der Waals surface area (Å²) in [6.45, 7) is 5.99. The van der Waals surface area contributed by atoms with Crippen LogP contribution in [0, 0.1) is 11.3 Å². The molecule has 168 valence electrons. The second kappa shape index (κ2) is 12.8. The summed E-state index contributed by atoms with van der Waals surface area (Å²) in [7, 11) is 1.78. The highest BCUT2D eigenvalue weighted by Gasteiger charge is 2.34. The molecule has 1 saturated carbocycles. The lowest BCUT2D eigenvalue weighted by Crippen LogP contribution is -2.43. The number of guanidine groups is 1. The third-order valence-electron chi connectivity index (χ3n) is 5.46. The Morgan fingerprint density at radius 3 is 2.27 bits per heavy atom. The summed E-state index contributed by atoms with van der Waals surface area (Å²) in [5.74, 6) is 0.616. The van der Waals surface area contributed by atoms with Crippen LogP contribution >= 0.6 is 24.0 Å². The number of nitrogens with zero attached hydrogens (tertiary/aromatic N) is 1. The predicted octanol–water partition coefficient (Wildman–Crippen LogP) is 2.79. The van der Waals surface area contributed by atoms with Crippen molar-refractivity contribution in [2.45, 2.75) is 52.5 Å². The quantitative estimate of drug-likeness (QED) is 0.224. The van der Waals surface area contributed by atoms with Crippen molar-refractivity contribution in [3.8, 4) is 0 Å². The van der Waals surface area contributed by atoms with Crippen molar-refractivity contribution in [3.63, 3.8) is 0 Å². The third-order valence-corrected chi connectivity index (χ3v) is 5.46. The number of aliphatic imine (C=N–C) groups is 1. The molecule has 0 bridgehead atoms. The van der Waals surface area contributed by atoms with Gasteiger partial charge in [0, 0.05) is 25.7 Å². The molecule has 0 atom stereocenters. The number of nitrogens with one attached hydrogen (secondary N) is 3. The summed E-state index contributed by atoms with van der Waals surface area (Å²) < 4.78 is 0. The molecule has 5 N–H and O–H groups in total. The van der Waals surface area contributed by atoms with Gasteiger partial charge in [-0.25, -0.2) is 0 Å². The zero-order valence-corrected chi connectivity index (χ0v) is 20.6. The lowest BCUT2D eigenvalue weighted by Gasteiger charge is -2.32. The van der Waals surface area contributed by atoms with Crippen LogP contribution in [-0.4, -0.2) is 37.9 Å². The number of nitrogens with two attached hydrogens (primary N) is 1. The molecular weight excluding hydrogens is 493 g/mol. The average molecular weight is 529 g/mol. The zero-order valence-electron chi connectivity index (χ0n) is 18.3. The lowest BCUT2D eigenvalue weighted by molar-refractivity contribution is -0.117. The molecule has 7 nitrogen and oxygen atoms in total. The normalized spacial score (nSPS) is 15.4. The summed E-state index contributed by atoms with van der Waals surface area (Å²) in [5.41, 5.74) is 6.96. The van der Waals surface area contributed by atoms with Gasteiger partial charge in [-0.05, 0) is 48.3 Å². The lowest BCUT2D eigenvalue weighted by atomic mass is 9.78. The van der Waals surface area contributed by atoms with Crippen molar-refractivity contribution < 1.29 is 9.59 Å². The predicted molar refractivity (Wildman–Crippen MR) is 132 cm³/mol. The van der Waals surface area contributed by atoms with Gasteiger partial charge in [-0.1, -0.05) is 38.8 Å². The summed E-state index contributed by atoms with van der Waals surface area (Å²) in [6.07, 6.45) is 6.46. The van der Waals surface area contributed by atoms with E-state index in [2.05, 4.69) is 34.8 Å². The second-order valence-corrected chi connectivity index (χ2v) is 8.43. The summed E-state index contributed by atoms with van der Waals surface area (Å²) in [4.78, 5) is 27.0. The minimum absolute atomic E-state index is 0. The number of amides is 2. The molecule has 0 spiro atoms. The number of halogens is 1. The summed E-state index contributed by atoms with van der Waals surface area (Å²) in [6, 6.07) is 7.24. The molecule has 2 rings (SSSR count).